The van der Waals surface area contributed by atoms with Gasteiger partial charge in [-0.15, -0.1) is 0 Å². The van der Waals surface area contributed by atoms with Crippen molar-refractivity contribution in [3.05, 3.63) is 47.0 Å². The Balaban J connectivity index is 2.87. The molecule has 112 valence electrons. The highest BCUT2D eigenvalue weighted by atomic mass is 16.5. The van der Waals surface area contributed by atoms with Crippen LogP contribution in [0.25, 0.3) is 0 Å². The van der Waals surface area contributed by atoms with Gasteiger partial charge in [-0.2, -0.15) is 0 Å². The maximum absolute atomic E-state index is 11.2. The van der Waals surface area contributed by atoms with Gasteiger partial charge in [0.1, 0.15) is 0 Å². The highest BCUT2D eigenvalue weighted by Crippen LogP contribution is 2.20. The number of benzene rings is 1. The van der Waals surface area contributed by atoms with Crippen LogP contribution in [0.3, 0.4) is 0 Å². The number of aryl methyl sites for hydroxylation is 1. The lowest BCUT2D eigenvalue weighted by Crippen LogP contribution is -2.12. The van der Waals surface area contributed by atoms with Crippen molar-refractivity contribution in [1.82, 2.24) is 0 Å². The molecule has 0 aliphatic rings. The number of hydrogen-bond donors (Lipinski definition) is 2. The number of hydrogen-bond acceptors (Lipinski definition) is 4. The predicted octanol–water partition coefficient (Wildman–Crippen LogP) is 2.05. The van der Waals surface area contributed by atoms with E-state index in [9.17, 15) is 14.4 Å². The third kappa shape index (κ3) is 4.17. The molecule has 0 bridgehead atoms. The van der Waals surface area contributed by atoms with E-state index in [0.717, 1.165) is 6.08 Å². The third-order valence-corrected chi connectivity index (χ3v) is 3.02. The molecule has 1 rings (SSSR count). The third-order valence-electron chi connectivity index (χ3n) is 3.02. The minimum atomic E-state index is -1.28. The monoisotopic (exact) mass is 292 g/mol. The van der Waals surface area contributed by atoms with E-state index in [4.69, 9.17) is 14.9 Å². The fraction of sp³-hybridized carbons (Fsp3) is 0.267. The molecule has 0 saturated heterocycles. The zero-order valence-electron chi connectivity index (χ0n) is 11.6. The normalized spacial score (nSPS) is 9.95. The van der Waals surface area contributed by atoms with E-state index in [1.807, 2.05) is 0 Å². The SMILES string of the molecule is C=CC(=O)OCCCc1ccc(C(=O)O)c(C(=O)O)c1C. The van der Waals surface area contributed by atoms with Crippen molar-refractivity contribution in [3.8, 4) is 0 Å². The summed E-state index contributed by atoms with van der Waals surface area (Å²) in [5, 5.41) is 18.2. The minimum absolute atomic E-state index is 0.188. The lowest BCUT2D eigenvalue weighted by molar-refractivity contribution is -0.137. The molecule has 1 aromatic carbocycles. The van der Waals surface area contributed by atoms with Gasteiger partial charge in [0, 0.05) is 6.08 Å². The van der Waals surface area contributed by atoms with Gasteiger partial charge in [-0.05, 0) is 37.0 Å². The molecule has 1 aromatic rings. The molecule has 0 saturated carbocycles. The molecule has 6 nitrogen and oxygen atoms in total. The standard InChI is InChI=1S/C15H16O6/c1-3-12(16)21-8-4-5-10-6-7-11(14(17)18)13(9(10)2)15(19)20/h3,6-7H,1,4-5,8H2,2H3,(H,17,18)(H,19,20). The van der Waals surface area contributed by atoms with Crippen LogP contribution in [0.5, 0.6) is 0 Å². The smallest absolute Gasteiger partial charge is 0.336 e. The number of esters is 1. The zero-order chi connectivity index (χ0) is 16.0. The highest BCUT2D eigenvalue weighted by Gasteiger charge is 2.20. The van der Waals surface area contributed by atoms with Crippen molar-refractivity contribution in [1.29, 1.82) is 0 Å². The van der Waals surface area contributed by atoms with Crippen LogP contribution in [-0.2, 0) is 16.0 Å². The fourth-order valence-corrected chi connectivity index (χ4v) is 1.97. The second-order valence-corrected chi connectivity index (χ2v) is 4.36. The predicted molar refractivity (Wildman–Crippen MR) is 74.6 cm³/mol. The number of carbonyl (C=O) groups is 3. The second kappa shape index (κ2) is 7.23. The van der Waals surface area contributed by atoms with Gasteiger partial charge < -0.3 is 14.9 Å². The Kier molecular flexibility index (Phi) is 5.66. The van der Waals surface area contributed by atoms with Crippen LogP contribution in [0.15, 0.2) is 24.8 Å². The maximum Gasteiger partial charge on any atom is 0.336 e. The summed E-state index contributed by atoms with van der Waals surface area (Å²) >= 11 is 0. The molecule has 0 heterocycles. The summed E-state index contributed by atoms with van der Waals surface area (Å²) < 4.78 is 4.83. The summed E-state index contributed by atoms with van der Waals surface area (Å²) in [5.41, 5.74) is 0.689. The van der Waals surface area contributed by atoms with Gasteiger partial charge >= 0.3 is 17.9 Å². The summed E-state index contributed by atoms with van der Waals surface area (Å²) in [6.45, 7) is 5.03. The van der Waals surface area contributed by atoms with Gasteiger partial charge in [0.2, 0.25) is 0 Å². The van der Waals surface area contributed by atoms with Crippen molar-refractivity contribution >= 4 is 17.9 Å². The number of carboxylic acid groups (broad SMARTS) is 2. The van der Waals surface area contributed by atoms with Crippen LogP contribution < -0.4 is 0 Å². The number of carboxylic acids is 2. The van der Waals surface area contributed by atoms with E-state index in [1.165, 1.54) is 6.07 Å². The molecule has 0 aliphatic heterocycles. The van der Waals surface area contributed by atoms with Gasteiger partial charge in [-0.25, -0.2) is 14.4 Å². The Morgan fingerprint density at radius 1 is 1.24 bits per heavy atom. The largest absolute Gasteiger partial charge is 0.478 e. The summed E-state index contributed by atoms with van der Waals surface area (Å²) in [4.78, 5) is 33.1. The van der Waals surface area contributed by atoms with Crippen LogP contribution in [0.2, 0.25) is 0 Å². The van der Waals surface area contributed by atoms with E-state index in [1.54, 1.807) is 13.0 Å². The van der Waals surface area contributed by atoms with E-state index in [2.05, 4.69) is 6.58 Å². The molecule has 0 aliphatic carbocycles. The first-order valence-electron chi connectivity index (χ1n) is 6.26. The number of aromatic carboxylic acids is 2. The quantitative estimate of drug-likeness (QED) is 0.453. The van der Waals surface area contributed by atoms with Crippen molar-refractivity contribution in [3.63, 3.8) is 0 Å². The lowest BCUT2D eigenvalue weighted by Gasteiger charge is -2.11. The minimum Gasteiger partial charge on any atom is -0.478 e. The zero-order valence-corrected chi connectivity index (χ0v) is 11.6. The molecule has 0 aromatic heterocycles. The number of carbonyl (C=O) groups excluding carboxylic acids is 1. The molecular weight excluding hydrogens is 276 g/mol. The molecule has 0 spiro atoms. The van der Waals surface area contributed by atoms with Crippen molar-refractivity contribution < 1.29 is 29.3 Å². The topological polar surface area (TPSA) is 101 Å². The first-order valence-corrected chi connectivity index (χ1v) is 6.26. The van der Waals surface area contributed by atoms with Gasteiger partial charge in [-0.3, -0.25) is 0 Å². The molecule has 0 atom stereocenters. The molecule has 0 radical (unpaired) electrons. The van der Waals surface area contributed by atoms with Crippen LogP contribution in [0.1, 0.15) is 38.3 Å². The highest BCUT2D eigenvalue weighted by molar-refractivity contribution is 6.03. The first-order chi connectivity index (χ1) is 9.88. The first kappa shape index (κ1) is 16.4. The molecule has 0 fully saturated rings. The van der Waals surface area contributed by atoms with Gasteiger partial charge in [0.15, 0.2) is 0 Å². The van der Waals surface area contributed by atoms with Crippen LogP contribution in [0, 0.1) is 6.92 Å². The molecule has 0 unspecified atom stereocenters. The number of ether oxygens (including phenoxy) is 1. The Morgan fingerprint density at radius 3 is 2.43 bits per heavy atom. The number of rotatable bonds is 7. The Morgan fingerprint density at radius 2 is 1.90 bits per heavy atom. The van der Waals surface area contributed by atoms with Crippen molar-refractivity contribution in [2.24, 2.45) is 0 Å². The van der Waals surface area contributed by atoms with Crippen molar-refractivity contribution in [2.75, 3.05) is 6.61 Å². The van der Waals surface area contributed by atoms with E-state index in [-0.39, 0.29) is 17.7 Å². The van der Waals surface area contributed by atoms with E-state index >= 15 is 0 Å². The molecule has 0 amide bonds. The summed E-state index contributed by atoms with van der Waals surface area (Å²) in [5.74, 6) is -3.06. The summed E-state index contributed by atoms with van der Waals surface area (Å²) in [7, 11) is 0. The Hall–Kier alpha value is -2.63. The van der Waals surface area contributed by atoms with E-state index in [0.29, 0.717) is 24.0 Å². The average molecular weight is 292 g/mol. The van der Waals surface area contributed by atoms with Gasteiger partial charge in [-0.1, -0.05) is 12.6 Å². The fourth-order valence-electron chi connectivity index (χ4n) is 1.97. The summed E-state index contributed by atoms with van der Waals surface area (Å²) in [6, 6.07) is 2.87. The van der Waals surface area contributed by atoms with Crippen molar-refractivity contribution in [2.45, 2.75) is 19.8 Å². The Labute approximate surface area is 121 Å². The van der Waals surface area contributed by atoms with E-state index < -0.39 is 17.9 Å². The molecule has 21 heavy (non-hydrogen) atoms. The van der Waals surface area contributed by atoms with Gasteiger partial charge in [0.25, 0.3) is 0 Å². The summed E-state index contributed by atoms with van der Waals surface area (Å²) in [6.07, 6.45) is 2.05. The average Bonchev–Trinajstić information content (AvgIpc) is 2.43. The van der Waals surface area contributed by atoms with Crippen LogP contribution in [0.4, 0.5) is 0 Å². The van der Waals surface area contributed by atoms with Crippen LogP contribution >= 0.6 is 0 Å². The molecular formula is C15H16O6. The Bertz CT molecular complexity index is 588. The molecule has 2 N–H and O–H groups in total. The van der Waals surface area contributed by atoms with Crippen LogP contribution in [-0.4, -0.2) is 34.7 Å². The lowest BCUT2D eigenvalue weighted by atomic mass is 9.94. The molecule has 6 heteroatoms. The second-order valence-electron chi connectivity index (χ2n) is 4.36. The van der Waals surface area contributed by atoms with Gasteiger partial charge in [0.05, 0.1) is 17.7 Å². The maximum atomic E-state index is 11.2.